The molecule has 1 atom stereocenters. The van der Waals surface area contributed by atoms with Crippen LogP contribution in [0.25, 0.3) is 21.9 Å². The highest BCUT2D eigenvalue weighted by molar-refractivity contribution is 6.34. The molecule has 2 heterocycles. The first kappa shape index (κ1) is 19.8. The Balaban J connectivity index is 1.57. The lowest BCUT2D eigenvalue weighted by molar-refractivity contribution is -0.155. The summed E-state index contributed by atoms with van der Waals surface area (Å²) in [5.74, 6) is 0.0913. The Labute approximate surface area is 174 Å². The summed E-state index contributed by atoms with van der Waals surface area (Å²) in [7, 11) is 0. The Morgan fingerprint density at radius 2 is 2.03 bits per heavy atom. The van der Waals surface area contributed by atoms with E-state index in [1.807, 2.05) is 32.9 Å². The van der Waals surface area contributed by atoms with Gasteiger partial charge in [0.25, 0.3) is 0 Å². The highest BCUT2D eigenvalue weighted by atomic mass is 35.5. The van der Waals surface area contributed by atoms with Gasteiger partial charge in [-0.05, 0) is 57.4 Å². The zero-order valence-electron chi connectivity index (χ0n) is 16.8. The molecule has 1 saturated heterocycles. The number of esters is 1. The first-order valence-corrected chi connectivity index (χ1v) is 10.2. The Kier molecular flexibility index (Phi) is 5.03. The molecule has 29 heavy (non-hydrogen) atoms. The van der Waals surface area contributed by atoms with Gasteiger partial charge >= 0.3 is 5.97 Å². The average Bonchev–Trinajstić information content (AvgIpc) is 3.09. The molecule has 2 aromatic carbocycles. The number of carbonyl (C=O) groups is 1. The molecule has 0 saturated carbocycles. The lowest BCUT2D eigenvalue weighted by Gasteiger charge is -2.21. The molecular weight excluding hydrogens is 390 g/mol. The molecule has 0 aliphatic carbocycles. The molecule has 1 aromatic heterocycles. The molecule has 0 spiro atoms. The van der Waals surface area contributed by atoms with Gasteiger partial charge in [-0.2, -0.15) is 0 Å². The minimum Gasteiger partial charge on any atom is -0.460 e. The molecular formula is C23H24ClNO4. The second kappa shape index (κ2) is 7.38. The van der Waals surface area contributed by atoms with Crippen molar-refractivity contribution in [1.29, 1.82) is 0 Å². The number of hydrogen-bond donors (Lipinski definition) is 0. The second-order valence-corrected chi connectivity index (χ2v) is 9.03. The predicted octanol–water partition coefficient (Wildman–Crippen LogP) is 5.16. The summed E-state index contributed by atoms with van der Waals surface area (Å²) in [6.07, 6.45) is 1.33. The number of rotatable bonds is 3. The Morgan fingerprint density at radius 3 is 2.79 bits per heavy atom. The molecule has 6 heteroatoms. The molecule has 0 radical (unpaired) electrons. The third-order valence-electron chi connectivity index (χ3n) is 5.16. The first-order valence-electron chi connectivity index (χ1n) is 9.83. The molecule has 3 aromatic rings. The van der Waals surface area contributed by atoms with E-state index in [2.05, 4.69) is 4.90 Å². The highest BCUT2D eigenvalue weighted by Gasteiger charge is 2.27. The summed E-state index contributed by atoms with van der Waals surface area (Å²) in [6, 6.07) is 10.8. The maximum Gasteiger partial charge on any atom is 0.306 e. The zero-order valence-corrected chi connectivity index (χ0v) is 17.6. The fourth-order valence-electron chi connectivity index (χ4n) is 3.88. The monoisotopic (exact) mass is 413 g/mol. The second-order valence-electron chi connectivity index (χ2n) is 8.62. The van der Waals surface area contributed by atoms with E-state index in [1.165, 1.54) is 0 Å². The van der Waals surface area contributed by atoms with Gasteiger partial charge in [-0.25, -0.2) is 0 Å². The molecule has 4 rings (SSSR count). The van der Waals surface area contributed by atoms with Gasteiger partial charge < -0.3 is 14.1 Å². The first-order chi connectivity index (χ1) is 13.7. The van der Waals surface area contributed by atoms with Crippen molar-refractivity contribution >= 4 is 45.2 Å². The smallest absolute Gasteiger partial charge is 0.306 e. The number of nitrogens with zero attached hydrogens (tertiary/aromatic N) is 1. The van der Waals surface area contributed by atoms with E-state index in [0.717, 1.165) is 25.2 Å². The van der Waals surface area contributed by atoms with Crippen LogP contribution < -0.4 is 10.3 Å². The van der Waals surface area contributed by atoms with Gasteiger partial charge in [0.15, 0.2) is 5.58 Å². The maximum absolute atomic E-state index is 12.8. The number of fused-ring (bicyclic) bond motifs is 2. The molecule has 152 valence electrons. The number of carbonyl (C=O) groups excluding carboxylic acids is 1. The van der Waals surface area contributed by atoms with Crippen molar-refractivity contribution in [3.05, 3.63) is 51.6 Å². The Bertz CT molecular complexity index is 1150. The van der Waals surface area contributed by atoms with E-state index in [1.54, 1.807) is 24.3 Å². The molecule has 0 N–H and O–H groups in total. The number of halogens is 1. The Morgan fingerprint density at radius 1 is 1.24 bits per heavy atom. The van der Waals surface area contributed by atoms with Gasteiger partial charge in [-0.1, -0.05) is 17.7 Å². The van der Waals surface area contributed by atoms with Crippen LogP contribution in [0.4, 0.5) is 5.69 Å². The third-order valence-corrected chi connectivity index (χ3v) is 5.46. The van der Waals surface area contributed by atoms with Gasteiger partial charge in [0.1, 0.15) is 11.2 Å². The summed E-state index contributed by atoms with van der Waals surface area (Å²) in [5.41, 5.74) is 1.35. The van der Waals surface area contributed by atoms with Gasteiger partial charge in [0.05, 0.1) is 22.2 Å². The van der Waals surface area contributed by atoms with Crippen LogP contribution in [0.5, 0.6) is 0 Å². The van der Waals surface area contributed by atoms with Crippen LogP contribution in [-0.2, 0) is 9.53 Å². The van der Waals surface area contributed by atoms with Gasteiger partial charge in [-0.3, -0.25) is 9.59 Å². The van der Waals surface area contributed by atoms with Crippen molar-refractivity contribution in [2.75, 3.05) is 18.0 Å². The van der Waals surface area contributed by atoms with Crippen LogP contribution in [-0.4, -0.2) is 24.7 Å². The standard InChI is InChI=1S/C23H24ClNO4/c1-23(2,3)29-20(26)11-14-9-10-25(13-14)15-7-8-16-19(12-15)28-22-17(21(16)27)5-4-6-18(22)24/h4-8,12,14H,9-11,13H2,1-3H3/t14-/m1/s1. The van der Waals surface area contributed by atoms with Crippen molar-refractivity contribution in [2.24, 2.45) is 5.92 Å². The molecule has 1 aliphatic heterocycles. The SMILES string of the molecule is CC(C)(C)OC(=O)C[C@H]1CCN(c2ccc3c(=O)c4cccc(Cl)c4oc3c2)C1. The average molecular weight is 414 g/mol. The number of anilines is 1. The van der Waals surface area contributed by atoms with E-state index in [0.29, 0.717) is 33.4 Å². The third kappa shape index (κ3) is 4.10. The quantitative estimate of drug-likeness (QED) is 0.438. The largest absolute Gasteiger partial charge is 0.460 e. The Hall–Kier alpha value is -2.53. The van der Waals surface area contributed by atoms with Crippen molar-refractivity contribution in [3.8, 4) is 0 Å². The predicted molar refractivity (Wildman–Crippen MR) is 116 cm³/mol. The minimum atomic E-state index is -0.463. The van der Waals surface area contributed by atoms with Gasteiger partial charge in [-0.15, -0.1) is 0 Å². The van der Waals surface area contributed by atoms with E-state index < -0.39 is 5.60 Å². The van der Waals surface area contributed by atoms with Gasteiger partial charge in [0, 0.05) is 24.8 Å². The lowest BCUT2D eigenvalue weighted by atomic mass is 10.1. The zero-order chi connectivity index (χ0) is 20.8. The van der Waals surface area contributed by atoms with Crippen LogP contribution in [0.1, 0.15) is 33.6 Å². The minimum absolute atomic E-state index is 0.0838. The maximum atomic E-state index is 12.8. The highest BCUT2D eigenvalue weighted by Crippen LogP contribution is 2.31. The van der Waals surface area contributed by atoms with Crippen LogP contribution in [0.2, 0.25) is 5.02 Å². The summed E-state index contributed by atoms with van der Waals surface area (Å²) in [6.45, 7) is 7.25. The number of benzene rings is 2. The molecule has 0 unspecified atom stereocenters. The van der Waals surface area contributed by atoms with E-state index in [4.69, 9.17) is 20.8 Å². The van der Waals surface area contributed by atoms with Crippen molar-refractivity contribution in [1.82, 2.24) is 0 Å². The van der Waals surface area contributed by atoms with Crippen LogP contribution in [0, 0.1) is 5.92 Å². The number of hydrogen-bond acceptors (Lipinski definition) is 5. The fourth-order valence-corrected chi connectivity index (χ4v) is 4.09. The van der Waals surface area contributed by atoms with E-state index in [-0.39, 0.29) is 17.3 Å². The summed E-state index contributed by atoms with van der Waals surface area (Å²) in [4.78, 5) is 27.1. The number of para-hydroxylation sites is 1. The summed E-state index contributed by atoms with van der Waals surface area (Å²) < 4.78 is 11.4. The van der Waals surface area contributed by atoms with E-state index in [9.17, 15) is 9.59 Å². The van der Waals surface area contributed by atoms with Crippen LogP contribution in [0.3, 0.4) is 0 Å². The molecule has 0 bridgehead atoms. The lowest BCUT2D eigenvalue weighted by Crippen LogP contribution is -2.26. The van der Waals surface area contributed by atoms with Crippen molar-refractivity contribution < 1.29 is 13.9 Å². The normalized spacial score (nSPS) is 17.2. The van der Waals surface area contributed by atoms with Crippen LogP contribution >= 0.6 is 11.6 Å². The molecule has 1 aliphatic rings. The van der Waals surface area contributed by atoms with Gasteiger partial charge in [0.2, 0.25) is 5.43 Å². The molecule has 1 fully saturated rings. The van der Waals surface area contributed by atoms with Crippen molar-refractivity contribution in [2.45, 2.75) is 39.2 Å². The molecule has 5 nitrogen and oxygen atoms in total. The van der Waals surface area contributed by atoms with E-state index >= 15 is 0 Å². The topological polar surface area (TPSA) is 59.8 Å². The molecule has 0 amide bonds. The summed E-state index contributed by atoms with van der Waals surface area (Å²) >= 11 is 6.22. The summed E-state index contributed by atoms with van der Waals surface area (Å²) in [5, 5.41) is 1.44. The fraction of sp³-hybridized carbons (Fsp3) is 0.391. The number of ether oxygens (including phenoxy) is 1. The van der Waals surface area contributed by atoms with Crippen molar-refractivity contribution in [3.63, 3.8) is 0 Å². The van der Waals surface area contributed by atoms with Crippen LogP contribution in [0.15, 0.2) is 45.6 Å².